The number of aromatic nitrogens is 1. The Morgan fingerprint density at radius 1 is 1.50 bits per heavy atom. The van der Waals surface area contributed by atoms with E-state index in [0.29, 0.717) is 5.92 Å². The molecule has 1 aliphatic rings. The van der Waals surface area contributed by atoms with Crippen LogP contribution in [0.2, 0.25) is 0 Å². The molecule has 0 aromatic carbocycles. The Bertz CT molecular complexity index is 370. The summed E-state index contributed by atoms with van der Waals surface area (Å²) in [6.45, 7) is 3.93. The average molecular weight is 349 g/mol. The fourth-order valence-corrected chi connectivity index (χ4v) is 3.13. The van der Waals surface area contributed by atoms with Crippen molar-refractivity contribution in [1.29, 1.82) is 0 Å². The molecule has 0 spiro atoms. The Hall–Kier alpha value is 0.0300. The third-order valence-electron chi connectivity index (χ3n) is 2.96. The van der Waals surface area contributed by atoms with Crippen molar-refractivity contribution in [3.05, 3.63) is 26.9 Å². The van der Waals surface area contributed by atoms with Gasteiger partial charge in [-0.2, -0.15) is 0 Å². The third-order valence-corrected chi connectivity index (χ3v) is 4.08. The van der Waals surface area contributed by atoms with Crippen molar-refractivity contribution in [2.75, 3.05) is 19.6 Å². The van der Waals surface area contributed by atoms with Crippen molar-refractivity contribution in [2.45, 2.75) is 13.0 Å². The number of hydrogen-bond donors (Lipinski definition) is 1. The minimum Gasteiger partial charge on any atom is -0.330 e. The van der Waals surface area contributed by atoms with E-state index in [0.717, 1.165) is 40.8 Å². The molecule has 5 heteroatoms. The van der Waals surface area contributed by atoms with E-state index in [2.05, 4.69) is 41.7 Å². The molecule has 1 aliphatic heterocycles. The lowest BCUT2D eigenvalue weighted by molar-refractivity contribution is 0.313. The molecule has 2 heterocycles. The molecule has 0 amide bonds. The predicted molar refractivity (Wildman–Crippen MR) is 72.1 cm³/mol. The Morgan fingerprint density at radius 3 is 2.94 bits per heavy atom. The van der Waals surface area contributed by atoms with Crippen molar-refractivity contribution < 1.29 is 0 Å². The van der Waals surface area contributed by atoms with Gasteiger partial charge in [0.05, 0.1) is 5.69 Å². The monoisotopic (exact) mass is 347 g/mol. The highest BCUT2D eigenvalue weighted by molar-refractivity contribution is 9.11. The van der Waals surface area contributed by atoms with Gasteiger partial charge in [-0.25, -0.2) is 0 Å². The normalized spacial score (nSPS) is 21.6. The van der Waals surface area contributed by atoms with Crippen LogP contribution in [0, 0.1) is 5.92 Å². The Morgan fingerprint density at radius 2 is 2.31 bits per heavy atom. The highest BCUT2D eigenvalue weighted by Crippen LogP contribution is 2.23. The zero-order valence-corrected chi connectivity index (χ0v) is 12.2. The molecule has 2 rings (SSSR count). The van der Waals surface area contributed by atoms with Crippen LogP contribution >= 0.6 is 31.9 Å². The van der Waals surface area contributed by atoms with Crippen molar-refractivity contribution >= 4 is 31.9 Å². The lowest BCUT2D eigenvalue weighted by Crippen LogP contribution is -2.23. The highest BCUT2D eigenvalue weighted by atomic mass is 79.9. The van der Waals surface area contributed by atoms with Crippen molar-refractivity contribution in [3.63, 3.8) is 0 Å². The van der Waals surface area contributed by atoms with Gasteiger partial charge in [0.2, 0.25) is 0 Å². The highest BCUT2D eigenvalue weighted by Gasteiger charge is 2.21. The first kappa shape index (κ1) is 12.5. The first-order chi connectivity index (χ1) is 7.69. The van der Waals surface area contributed by atoms with Crippen LogP contribution < -0.4 is 5.73 Å². The lowest BCUT2D eigenvalue weighted by Gasteiger charge is -2.15. The van der Waals surface area contributed by atoms with E-state index in [1.165, 1.54) is 6.42 Å². The topological polar surface area (TPSA) is 42.1 Å². The van der Waals surface area contributed by atoms with Crippen molar-refractivity contribution in [1.82, 2.24) is 9.88 Å². The second-order valence-corrected chi connectivity index (χ2v) is 5.98. The average Bonchev–Trinajstić information content (AvgIpc) is 2.70. The molecule has 1 aromatic rings. The van der Waals surface area contributed by atoms with E-state index in [9.17, 15) is 0 Å². The molecule has 88 valence electrons. The van der Waals surface area contributed by atoms with Crippen molar-refractivity contribution in [2.24, 2.45) is 11.7 Å². The summed E-state index contributed by atoms with van der Waals surface area (Å²) in [5.41, 5.74) is 6.78. The number of pyridine rings is 1. The predicted octanol–water partition coefficient (Wildman–Crippen LogP) is 2.39. The van der Waals surface area contributed by atoms with Crippen LogP contribution in [0.3, 0.4) is 0 Å². The number of nitrogens with two attached hydrogens (primary N) is 1. The maximum Gasteiger partial charge on any atom is 0.0686 e. The number of hydrogen-bond acceptors (Lipinski definition) is 3. The molecule has 3 nitrogen and oxygen atoms in total. The molecular formula is C11H15Br2N3. The first-order valence-corrected chi connectivity index (χ1v) is 7.00. The summed E-state index contributed by atoms with van der Waals surface area (Å²) in [6.07, 6.45) is 3.06. The molecular weight excluding hydrogens is 334 g/mol. The van der Waals surface area contributed by atoms with Crippen LogP contribution in [-0.4, -0.2) is 29.5 Å². The zero-order valence-electron chi connectivity index (χ0n) is 9.00. The fourth-order valence-electron chi connectivity index (χ4n) is 2.02. The fraction of sp³-hybridized carbons (Fsp3) is 0.545. The van der Waals surface area contributed by atoms with Crippen LogP contribution in [0.5, 0.6) is 0 Å². The molecule has 1 unspecified atom stereocenters. The van der Waals surface area contributed by atoms with Gasteiger partial charge in [-0.05, 0) is 63.4 Å². The van der Waals surface area contributed by atoms with Gasteiger partial charge in [0.25, 0.3) is 0 Å². The van der Waals surface area contributed by atoms with Crippen LogP contribution in [0.25, 0.3) is 0 Å². The molecule has 1 fully saturated rings. The Kier molecular flexibility index (Phi) is 4.35. The summed E-state index contributed by atoms with van der Waals surface area (Å²) >= 11 is 6.95. The molecule has 2 N–H and O–H groups in total. The molecule has 0 aliphatic carbocycles. The number of nitrogens with zero attached hydrogens (tertiary/aromatic N) is 2. The van der Waals surface area contributed by atoms with Crippen molar-refractivity contribution in [3.8, 4) is 0 Å². The van der Waals surface area contributed by atoms with E-state index in [1.807, 2.05) is 12.3 Å². The maximum atomic E-state index is 5.68. The van der Waals surface area contributed by atoms with Gasteiger partial charge in [0, 0.05) is 28.2 Å². The molecule has 1 atom stereocenters. The summed E-state index contributed by atoms with van der Waals surface area (Å²) < 4.78 is 2.07. The first-order valence-electron chi connectivity index (χ1n) is 5.41. The van der Waals surface area contributed by atoms with Gasteiger partial charge >= 0.3 is 0 Å². The minimum absolute atomic E-state index is 0.661. The maximum absolute atomic E-state index is 5.68. The zero-order chi connectivity index (χ0) is 11.5. The van der Waals surface area contributed by atoms with Gasteiger partial charge in [-0.1, -0.05) is 0 Å². The van der Waals surface area contributed by atoms with E-state index in [1.54, 1.807) is 0 Å². The smallest absolute Gasteiger partial charge is 0.0686 e. The lowest BCUT2D eigenvalue weighted by atomic mass is 10.1. The summed E-state index contributed by atoms with van der Waals surface area (Å²) in [7, 11) is 0. The number of likely N-dealkylation sites (tertiary alicyclic amines) is 1. The van der Waals surface area contributed by atoms with E-state index < -0.39 is 0 Å². The van der Waals surface area contributed by atoms with E-state index in [4.69, 9.17) is 5.73 Å². The summed E-state index contributed by atoms with van der Waals surface area (Å²) in [5.74, 6) is 0.661. The summed E-state index contributed by atoms with van der Waals surface area (Å²) in [4.78, 5) is 6.84. The van der Waals surface area contributed by atoms with E-state index >= 15 is 0 Å². The summed E-state index contributed by atoms with van der Waals surface area (Å²) in [6, 6.07) is 2.04. The largest absolute Gasteiger partial charge is 0.330 e. The van der Waals surface area contributed by atoms with Crippen LogP contribution in [0.1, 0.15) is 12.1 Å². The molecule has 1 aromatic heterocycles. The van der Waals surface area contributed by atoms with E-state index in [-0.39, 0.29) is 0 Å². The van der Waals surface area contributed by atoms with Gasteiger partial charge in [-0.3, -0.25) is 9.88 Å². The quantitative estimate of drug-likeness (QED) is 0.911. The van der Waals surface area contributed by atoms with Gasteiger partial charge in [-0.15, -0.1) is 0 Å². The molecule has 1 saturated heterocycles. The Balaban J connectivity index is 1.99. The second kappa shape index (κ2) is 5.58. The molecule has 0 saturated carbocycles. The van der Waals surface area contributed by atoms with Gasteiger partial charge < -0.3 is 5.73 Å². The van der Waals surface area contributed by atoms with Crippen LogP contribution in [0.15, 0.2) is 21.2 Å². The molecule has 0 bridgehead atoms. The Labute approximate surface area is 113 Å². The second-order valence-electron chi connectivity index (χ2n) is 4.21. The van der Waals surface area contributed by atoms with Gasteiger partial charge in [0.15, 0.2) is 0 Å². The minimum atomic E-state index is 0.661. The SMILES string of the molecule is NCC1CCN(Cc2ncc(Br)cc2Br)C1. The standard InChI is InChI=1S/C11H15Br2N3/c12-9-3-10(13)11(15-5-9)7-16-2-1-8(4-14)6-16/h3,5,8H,1-2,4,6-7,14H2. The number of rotatable bonds is 3. The molecule has 0 radical (unpaired) electrons. The number of halogens is 2. The van der Waals surface area contributed by atoms with Crippen LogP contribution in [-0.2, 0) is 6.54 Å². The van der Waals surface area contributed by atoms with Crippen LogP contribution in [0.4, 0.5) is 0 Å². The van der Waals surface area contributed by atoms with Gasteiger partial charge in [0.1, 0.15) is 0 Å². The third kappa shape index (κ3) is 3.03. The molecule has 16 heavy (non-hydrogen) atoms. The summed E-state index contributed by atoms with van der Waals surface area (Å²) in [5, 5.41) is 0.